The maximum Gasteiger partial charge on any atom is 0.266 e. The van der Waals surface area contributed by atoms with Gasteiger partial charge in [-0.1, -0.05) is 12.1 Å². The lowest BCUT2D eigenvalue weighted by atomic mass is 9.99. The molecule has 0 aliphatic heterocycles. The second-order valence-corrected chi connectivity index (χ2v) is 8.20. The van der Waals surface area contributed by atoms with Crippen LogP contribution in [-0.2, 0) is 11.2 Å². The summed E-state index contributed by atoms with van der Waals surface area (Å²) in [7, 11) is 0. The molecule has 1 aromatic carbocycles. The number of benzene rings is 1. The average molecular weight is 424 g/mol. The molecule has 1 atom stereocenters. The van der Waals surface area contributed by atoms with Crippen molar-refractivity contribution in [1.29, 1.82) is 5.26 Å². The molecule has 1 amide bonds. The number of nitrogens with one attached hydrogen (secondary N) is 3. The molecular formula is C22H25N5O2S. The number of pyridine rings is 1. The molecule has 2 aromatic heterocycles. The van der Waals surface area contributed by atoms with E-state index in [1.807, 2.05) is 36.6 Å². The zero-order valence-corrected chi connectivity index (χ0v) is 18.2. The number of para-hydroxylation sites is 2. The van der Waals surface area contributed by atoms with Crippen molar-refractivity contribution in [2.24, 2.45) is 0 Å². The Labute approximate surface area is 179 Å². The number of rotatable bonds is 8. The Kier molecular flexibility index (Phi) is 6.95. The average Bonchev–Trinajstić information content (AvgIpc) is 3.15. The lowest BCUT2D eigenvalue weighted by Crippen LogP contribution is -2.30. The van der Waals surface area contributed by atoms with Gasteiger partial charge < -0.3 is 15.3 Å². The third-order valence-corrected chi connectivity index (χ3v) is 5.85. The van der Waals surface area contributed by atoms with E-state index in [9.17, 15) is 14.9 Å². The highest BCUT2D eigenvalue weighted by Crippen LogP contribution is 2.21. The molecule has 3 N–H and O–H groups in total. The maximum absolute atomic E-state index is 12.7. The number of imidazole rings is 1. The fourth-order valence-electron chi connectivity index (χ4n) is 3.58. The van der Waals surface area contributed by atoms with Gasteiger partial charge in [-0.05, 0) is 62.0 Å². The van der Waals surface area contributed by atoms with Crippen molar-refractivity contribution in [2.45, 2.75) is 39.2 Å². The number of carbonyl (C=O) groups excluding carboxylic acids is 1. The third kappa shape index (κ3) is 4.74. The summed E-state index contributed by atoms with van der Waals surface area (Å²) in [5, 5.41) is 12.3. The van der Waals surface area contributed by atoms with Crippen LogP contribution in [0, 0.1) is 25.2 Å². The number of thioether (sulfide) groups is 1. The Morgan fingerprint density at radius 1 is 1.30 bits per heavy atom. The minimum Gasteiger partial charge on any atom is -0.346 e. The predicted octanol–water partition coefficient (Wildman–Crippen LogP) is 3.28. The van der Waals surface area contributed by atoms with Crippen LogP contribution in [0.2, 0.25) is 0 Å². The van der Waals surface area contributed by atoms with Crippen LogP contribution in [0.4, 0.5) is 0 Å². The molecule has 30 heavy (non-hydrogen) atoms. The van der Waals surface area contributed by atoms with Crippen molar-refractivity contribution >= 4 is 28.7 Å². The number of aryl methyl sites for hydroxylation is 1. The number of aromatic nitrogens is 3. The number of hydrogen-bond donors (Lipinski definition) is 3. The van der Waals surface area contributed by atoms with E-state index in [1.54, 1.807) is 25.6 Å². The van der Waals surface area contributed by atoms with Gasteiger partial charge in [0, 0.05) is 12.1 Å². The van der Waals surface area contributed by atoms with Gasteiger partial charge in [0.1, 0.15) is 17.5 Å². The Balaban J connectivity index is 1.74. The highest BCUT2D eigenvalue weighted by molar-refractivity contribution is 7.98. The first kappa shape index (κ1) is 21.7. The van der Waals surface area contributed by atoms with Crippen LogP contribution in [0.3, 0.4) is 0 Å². The van der Waals surface area contributed by atoms with Crippen LogP contribution < -0.4 is 10.9 Å². The number of nitrogens with zero attached hydrogens (tertiary/aromatic N) is 2. The molecule has 2 heterocycles. The summed E-state index contributed by atoms with van der Waals surface area (Å²) >= 11 is 1.72. The van der Waals surface area contributed by atoms with Gasteiger partial charge in [-0.3, -0.25) is 9.59 Å². The van der Waals surface area contributed by atoms with Gasteiger partial charge in [-0.25, -0.2) is 4.98 Å². The normalized spacial score (nSPS) is 11.9. The van der Waals surface area contributed by atoms with Gasteiger partial charge in [0.2, 0.25) is 5.91 Å². The largest absolute Gasteiger partial charge is 0.346 e. The number of aromatic amines is 2. The minimum absolute atomic E-state index is 0.0925. The standard InChI is InChI=1S/C22H25N5O2S/c1-13-15(14(2)24-22(29)16(13)12-23)8-9-20(28)25-19(10-11-30-3)21-26-17-6-4-5-7-18(17)27-21/h4-7,19H,8-11H2,1-3H3,(H,24,29)(H,25,28)(H,26,27)/t19-/m0/s1. The van der Waals surface area contributed by atoms with Gasteiger partial charge >= 0.3 is 0 Å². The molecule has 8 heteroatoms. The van der Waals surface area contributed by atoms with E-state index in [0.29, 0.717) is 17.7 Å². The summed E-state index contributed by atoms with van der Waals surface area (Å²) < 4.78 is 0. The number of carbonyl (C=O) groups is 1. The summed E-state index contributed by atoms with van der Waals surface area (Å²) in [5.41, 5.74) is 3.71. The minimum atomic E-state index is -0.386. The number of hydrogen-bond acceptors (Lipinski definition) is 5. The Hall–Kier alpha value is -3.05. The summed E-state index contributed by atoms with van der Waals surface area (Å²) in [5.74, 6) is 1.55. The van der Waals surface area contributed by atoms with Gasteiger partial charge in [-0.15, -0.1) is 0 Å². The molecule has 0 saturated carbocycles. The zero-order chi connectivity index (χ0) is 21.7. The van der Waals surface area contributed by atoms with Crippen LogP contribution in [0.15, 0.2) is 29.1 Å². The molecule has 0 saturated heterocycles. The van der Waals surface area contributed by atoms with Gasteiger partial charge in [0.25, 0.3) is 5.56 Å². The molecule has 3 rings (SSSR count). The van der Waals surface area contributed by atoms with Crippen LogP contribution in [-0.4, -0.2) is 32.9 Å². The first-order chi connectivity index (χ1) is 14.4. The van der Waals surface area contributed by atoms with E-state index in [-0.39, 0.29) is 29.5 Å². The Morgan fingerprint density at radius 3 is 2.77 bits per heavy atom. The van der Waals surface area contributed by atoms with E-state index in [0.717, 1.165) is 34.6 Å². The second-order valence-electron chi connectivity index (χ2n) is 7.21. The quantitative estimate of drug-likeness (QED) is 0.514. The fraction of sp³-hybridized carbons (Fsp3) is 0.364. The highest BCUT2D eigenvalue weighted by Gasteiger charge is 2.19. The smallest absolute Gasteiger partial charge is 0.266 e. The molecular weight excluding hydrogens is 398 g/mol. The van der Waals surface area contributed by atoms with Gasteiger partial charge in [0.05, 0.1) is 17.1 Å². The van der Waals surface area contributed by atoms with Crippen LogP contribution in [0.25, 0.3) is 11.0 Å². The Bertz CT molecular complexity index is 1130. The van der Waals surface area contributed by atoms with E-state index in [1.165, 1.54) is 0 Å². The van der Waals surface area contributed by atoms with Crippen molar-refractivity contribution in [2.75, 3.05) is 12.0 Å². The zero-order valence-electron chi connectivity index (χ0n) is 17.3. The number of fused-ring (bicyclic) bond motifs is 1. The molecule has 3 aromatic rings. The Morgan fingerprint density at radius 2 is 2.07 bits per heavy atom. The molecule has 0 bridgehead atoms. The van der Waals surface area contributed by atoms with Crippen molar-refractivity contribution in [3.05, 3.63) is 62.8 Å². The van der Waals surface area contributed by atoms with Crippen molar-refractivity contribution < 1.29 is 4.79 Å². The molecule has 0 radical (unpaired) electrons. The van der Waals surface area contributed by atoms with Crippen LogP contribution in [0.1, 0.15) is 47.1 Å². The second kappa shape index (κ2) is 9.63. The molecule has 0 aliphatic carbocycles. The molecule has 156 valence electrons. The molecule has 0 aliphatic rings. The van der Waals surface area contributed by atoms with E-state index in [2.05, 4.69) is 20.3 Å². The fourth-order valence-corrected chi connectivity index (χ4v) is 4.05. The summed E-state index contributed by atoms with van der Waals surface area (Å²) in [6, 6.07) is 9.54. The van der Waals surface area contributed by atoms with Crippen LogP contribution in [0.5, 0.6) is 0 Å². The monoisotopic (exact) mass is 423 g/mol. The van der Waals surface area contributed by atoms with Crippen LogP contribution >= 0.6 is 11.8 Å². The molecule has 0 spiro atoms. The summed E-state index contributed by atoms with van der Waals surface area (Å²) in [6.45, 7) is 3.54. The maximum atomic E-state index is 12.7. The summed E-state index contributed by atoms with van der Waals surface area (Å²) in [4.78, 5) is 35.3. The highest BCUT2D eigenvalue weighted by atomic mass is 32.2. The van der Waals surface area contributed by atoms with E-state index in [4.69, 9.17) is 0 Å². The first-order valence-electron chi connectivity index (χ1n) is 9.80. The van der Waals surface area contributed by atoms with E-state index < -0.39 is 0 Å². The first-order valence-corrected chi connectivity index (χ1v) is 11.2. The number of nitriles is 1. The van der Waals surface area contributed by atoms with Crippen molar-refractivity contribution in [3.8, 4) is 6.07 Å². The lowest BCUT2D eigenvalue weighted by Gasteiger charge is -2.17. The SMILES string of the molecule is CSCC[C@H](NC(=O)CCc1c(C)[nH]c(=O)c(C#N)c1C)c1nc2ccccc2[nH]1. The van der Waals surface area contributed by atoms with Gasteiger partial charge in [0.15, 0.2) is 0 Å². The molecule has 0 unspecified atom stereocenters. The topological polar surface area (TPSA) is 114 Å². The summed E-state index contributed by atoms with van der Waals surface area (Å²) in [6.07, 6.45) is 3.51. The van der Waals surface area contributed by atoms with Gasteiger partial charge in [-0.2, -0.15) is 17.0 Å². The number of amides is 1. The van der Waals surface area contributed by atoms with Crippen molar-refractivity contribution in [1.82, 2.24) is 20.3 Å². The lowest BCUT2D eigenvalue weighted by molar-refractivity contribution is -0.121. The molecule has 7 nitrogen and oxygen atoms in total. The molecule has 0 fully saturated rings. The number of H-pyrrole nitrogens is 2. The predicted molar refractivity (Wildman–Crippen MR) is 120 cm³/mol. The third-order valence-electron chi connectivity index (χ3n) is 5.21. The van der Waals surface area contributed by atoms with Crippen molar-refractivity contribution in [3.63, 3.8) is 0 Å². The van der Waals surface area contributed by atoms with E-state index >= 15 is 0 Å².